The molecule has 0 rings (SSSR count). The van der Waals surface area contributed by atoms with Gasteiger partial charge in [0, 0.05) is 5.57 Å². The lowest BCUT2D eigenvalue weighted by Crippen LogP contribution is -2.07. The molecular formula is C9H13F2P. The van der Waals surface area contributed by atoms with E-state index in [1.807, 2.05) is 0 Å². The maximum Gasteiger partial charge on any atom is 0.283 e. The standard InChI is InChI=1S/C9H13F2P/c1-4-5-8(6-7(2)3)9(10,11)12/h4-6H,1,12H2,2-3H3/b8-5+. The summed E-state index contributed by atoms with van der Waals surface area (Å²) in [6, 6.07) is 0. The Balaban J connectivity index is 4.82. The molecule has 0 aromatic heterocycles. The predicted molar refractivity (Wildman–Crippen MR) is 52.4 cm³/mol. The van der Waals surface area contributed by atoms with Crippen molar-refractivity contribution in [3.63, 3.8) is 0 Å². The number of hydrogen-bond donors (Lipinski definition) is 0. The van der Waals surface area contributed by atoms with Crippen molar-refractivity contribution in [2.45, 2.75) is 19.5 Å². The SMILES string of the molecule is C=C/C=C(\C=C(C)C)C(F)(F)P. The van der Waals surface area contributed by atoms with E-state index in [2.05, 4.69) is 6.58 Å². The Bertz CT molecular complexity index is 217. The molecular weight excluding hydrogens is 177 g/mol. The lowest BCUT2D eigenvalue weighted by molar-refractivity contribution is 0.151. The van der Waals surface area contributed by atoms with Crippen LogP contribution in [0.4, 0.5) is 8.78 Å². The van der Waals surface area contributed by atoms with Crippen molar-refractivity contribution in [3.8, 4) is 0 Å². The summed E-state index contributed by atoms with van der Waals surface area (Å²) in [6.07, 6.45) is 4.10. The van der Waals surface area contributed by atoms with Gasteiger partial charge in [-0.2, -0.15) is 8.78 Å². The maximum absolute atomic E-state index is 12.7. The van der Waals surface area contributed by atoms with Gasteiger partial charge in [-0.15, -0.1) is 0 Å². The molecule has 1 atom stereocenters. The Morgan fingerprint density at radius 2 is 1.92 bits per heavy atom. The predicted octanol–water partition coefficient (Wildman–Crippen LogP) is 3.53. The third kappa shape index (κ3) is 4.40. The fourth-order valence-electron chi connectivity index (χ4n) is 0.693. The first-order chi connectivity index (χ1) is 5.38. The van der Waals surface area contributed by atoms with Gasteiger partial charge < -0.3 is 0 Å². The molecule has 3 heteroatoms. The smallest absolute Gasteiger partial charge is 0.197 e. The van der Waals surface area contributed by atoms with Crippen LogP contribution in [0.15, 0.2) is 36.0 Å². The van der Waals surface area contributed by atoms with Crippen LogP contribution in [-0.2, 0) is 0 Å². The second-order valence-electron chi connectivity index (χ2n) is 2.70. The molecule has 0 saturated heterocycles. The van der Waals surface area contributed by atoms with Crippen LogP contribution in [0.2, 0.25) is 0 Å². The average molecular weight is 190 g/mol. The van der Waals surface area contributed by atoms with Crippen LogP contribution in [0, 0.1) is 0 Å². The van der Waals surface area contributed by atoms with Crippen LogP contribution in [0.3, 0.4) is 0 Å². The monoisotopic (exact) mass is 190 g/mol. The molecule has 0 fully saturated rings. The van der Waals surface area contributed by atoms with Gasteiger partial charge in [-0.05, 0) is 13.8 Å². The van der Waals surface area contributed by atoms with Crippen LogP contribution in [0.1, 0.15) is 13.8 Å². The molecule has 0 aliphatic carbocycles. The zero-order valence-electron chi connectivity index (χ0n) is 7.27. The van der Waals surface area contributed by atoms with Gasteiger partial charge >= 0.3 is 0 Å². The van der Waals surface area contributed by atoms with Crippen molar-refractivity contribution in [1.82, 2.24) is 0 Å². The van der Waals surface area contributed by atoms with Crippen LogP contribution >= 0.6 is 9.24 Å². The zero-order valence-corrected chi connectivity index (χ0v) is 8.43. The summed E-state index contributed by atoms with van der Waals surface area (Å²) in [5, 5.41) is 0. The second kappa shape index (κ2) is 4.51. The van der Waals surface area contributed by atoms with E-state index in [4.69, 9.17) is 0 Å². The van der Waals surface area contributed by atoms with Gasteiger partial charge in [0.25, 0.3) is 5.66 Å². The van der Waals surface area contributed by atoms with E-state index < -0.39 is 5.66 Å². The summed E-state index contributed by atoms with van der Waals surface area (Å²) in [7, 11) is 1.50. The highest BCUT2D eigenvalue weighted by Crippen LogP contribution is 2.32. The quantitative estimate of drug-likeness (QED) is 0.471. The van der Waals surface area contributed by atoms with Crippen molar-refractivity contribution in [2.75, 3.05) is 0 Å². The molecule has 1 unspecified atom stereocenters. The van der Waals surface area contributed by atoms with Crippen molar-refractivity contribution in [2.24, 2.45) is 0 Å². The third-order valence-electron chi connectivity index (χ3n) is 1.13. The van der Waals surface area contributed by atoms with Crippen molar-refractivity contribution in [3.05, 3.63) is 36.0 Å². The largest absolute Gasteiger partial charge is 0.283 e. The molecule has 68 valence electrons. The number of hydrogen-bond acceptors (Lipinski definition) is 0. The first-order valence-electron chi connectivity index (χ1n) is 3.52. The number of rotatable bonds is 3. The average Bonchev–Trinajstić information content (AvgIpc) is 1.83. The molecule has 0 spiro atoms. The van der Waals surface area contributed by atoms with Gasteiger partial charge in [-0.3, -0.25) is 0 Å². The molecule has 0 aromatic rings. The molecule has 12 heavy (non-hydrogen) atoms. The van der Waals surface area contributed by atoms with Crippen molar-refractivity contribution < 1.29 is 8.78 Å². The molecule has 0 radical (unpaired) electrons. The highest BCUT2D eigenvalue weighted by molar-refractivity contribution is 7.18. The number of halogens is 2. The second-order valence-corrected chi connectivity index (χ2v) is 3.43. The van der Waals surface area contributed by atoms with E-state index in [0.29, 0.717) is 0 Å². The summed E-state index contributed by atoms with van der Waals surface area (Å²) in [6.45, 7) is 6.92. The number of allylic oxidation sites excluding steroid dienone is 5. The van der Waals surface area contributed by atoms with Crippen LogP contribution in [-0.4, -0.2) is 5.66 Å². The lowest BCUT2D eigenvalue weighted by atomic mass is 10.2. The molecule has 0 bridgehead atoms. The fourth-order valence-corrected chi connectivity index (χ4v) is 0.873. The van der Waals surface area contributed by atoms with Gasteiger partial charge in [-0.25, -0.2) is 0 Å². The van der Waals surface area contributed by atoms with Gasteiger partial charge in [0.2, 0.25) is 0 Å². The topological polar surface area (TPSA) is 0 Å². The zero-order chi connectivity index (χ0) is 9.78. The van der Waals surface area contributed by atoms with Gasteiger partial charge in [-0.1, -0.05) is 39.6 Å². The van der Waals surface area contributed by atoms with E-state index >= 15 is 0 Å². The van der Waals surface area contributed by atoms with E-state index in [9.17, 15) is 8.78 Å². The Hall–Kier alpha value is -0.490. The van der Waals surface area contributed by atoms with Crippen LogP contribution in [0.25, 0.3) is 0 Å². The van der Waals surface area contributed by atoms with E-state index in [-0.39, 0.29) is 5.57 Å². The summed E-state index contributed by atoms with van der Waals surface area (Å²) in [5.74, 6) is 0. The first-order valence-corrected chi connectivity index (χ1v) is 4.10. The van der Waals surface area contributed by atoms with Gasteiger partial charge in [0.1, 0.15) is 0 Å². The minimum absolute atomic E-state index is 0.0394. The Labute approximate surface area is 74.3 Å². The molecule has 0 saturated carbocycles. The Morgan fingerprint density at radius 3 is 2.17 bits per heavy atom. The van der Waals surface area contributed by atoms with Gasteiger partial charge in [0.15, 0.2) is 0 Å². The summed E-state index contributed by atoms with van der Waals surface area (Å²) in [5.41, 5.74) is -2.07. The first kappa shape index (κ1) is 11.5. The highest BCUT2D eigenvalue weighted by atomic mass is 31.0. The molecule has 0 aromatic carbocycles. The van der Waals surface area contributed by atoms with E-state index in [0.717, 1.165) is 5.57 Å². The highest BCUT2D eigenvalue weighted by Gasteiger charge is 2.24. The summed E-state index contributed by atoms with van der Waals surface area (Å²) in [4.78, 5) is 0. The van der Waals surface area contributed by atoms with E-state index in [1.165, 1.54) is 27.5 Å². The molecule has 0 nitrogen and oxygen atoms in total. The molecule has 0 aliphatic heterocycles. The molecule has 0 heterocycles. The summed E-state index contributed by atoms with van der Waals surface area (Å²) < 4.78 is 25.5. The maximum atomic E-state index is 12.7. The summed E-state index contributed by atoms with van der Waals surface area (Å²) >= 11 is 0. The Morgan fingerprint density at radius 1 is 1.42 bits per heavy atom. The molecule has 0 aliphatic rings. The number of alkyl halides is 2. The molecule has 0 amide bonds. The van der Waals surface area contributed by atoms with E-state index in [1.54, 1.807) is 13.8 Å². The van der Waals surface area contributed by atoms with Crippen molar-refractivity contribution >= 4 is 9.24 Å². The Kier molecular flexibility index (Phi) is 4.33. The molecule has 0 N–H and O–H groups in total. The minimum atomic E-state index is -2.87. The normalized spacial score (nSPS) is 12.6. The third-order valence-corrected chi connectivity index (χ3v) is 1.46. The van der Waals surface area contributed by atoms with Crippen molar-refractivity contribution in [1.29, 1.82) is 0 Å². The minimum Gasteiger partial charge on any atom is -0.197 e. The fraction of sp³-hybridized carbons (Fsp3) is 0.333. The lowest BCUT2D eigenvalue weighted by Gasteiger charge is -2.11. The van der Waals surface area contributed by atoms with Gasteiger partial charge in [0.05, 0.1) is 0 Å². The van der Waals surface area contributed by atoms with Crippen LogP contribution in [0.5, 0.6) is 0 Å². The van der Waals surface area contributed by atoms with Crippen LogP contribution < -0.4 is 0 Å².